The molecule has 1 unspecified atom stereocenters. The molecule has 0 radical (unpaired) electrons. The number of primary amides is 1. The van der Waals surface area contributed by atoms with Crippen LogP contribution in [0.4, 0.5) is 4.79 Å². The molecule has 0 bridgehead atoms. The molecule has 0 saturated heterocycles. The number of pyridine rings is 1. The third-order valence-electron chi connectivity index (χ3n) is 2.57. The van der Waals surface area contributed by atoms with Crippen LogP contribution < -0.4 is 5.73 Å². The van der Waals surface area contributed by atoms with Crippen molar-refractivity contribution < 1.29 is 9.53 Å². The average molecular weight is 242 g/mol. The maximum atomic E-state index is 11.0. The number of carbonyl (C=O) groups is 1. The fourth-order valence-electron chi connectivity index (χ4n) is 1.71. The first-order valence-electron chi connectivity index (χ1n) is 5.60. The van der Waals surface area contributed by atoms with Gasteiger partial charge in [0.1, 0.15) is 0 Å². The Bertz CT molecular complexity index is 523. The van der Waals surface area contributed by atoms with E-state index in [1.165, 1.54) is 0 Å². The van der Waals surface area contributed by atoms with Crippen molar-refractivity contribution in [3.05, 3.63) is 65.5 Å². The van der Waals surface area contributed by atoms with Crippen molar-refractivity contribution in [2.75, 3.05) is 0 Å². The fourth-order valence-corrected chi connectivity index (χ4v) is 1.71. The van der Waals surface area contributed by atoms with Crippen molar-refractivity contribution in [1.82, 2.24) is 4.98 Å². The van der Waals surface area contributed by atoms with Crippen molar-refractivity contribution >= 4 is 6.09 Å². The summed E-state index contributed by atoms with van der Waals surface area (Å²) >= 11 is 0. The zero-order valence-electron chi connectivity index (χ0n) is 10.0. The van der Waals surface area contributed by atoms with Gasteiger partial charge >= 0.3 is 6.09 Å². The van der Waals surface area contributed by atoms with Crippen LogP contribution in [0.3, 0.4) is 0 Å². The van der Waals surface area contributed by atoms with Gasteiger partial charge in [0.05, 0.1) is 0 Å². The van der Waals surface area contributed by atoms with Crippen LogP contribution in [0.2, 0.25) is 0 Å². The molecule has 18 heavy (non-hydrogen) atoms. The van der Waals surface area contributed by atoms with Gasteiger partial charge in [-0.1, -0.05) is 36.4 Å². The minimum atomic E-state index is -0.801. The Morgan fingerprint density at radius 1 is 1.17 bits per heavy atom. The highest BCUT2D eigenvalue weighted by Crippen LogP contribution is 2.25. The maximum absolute atomic E-state index is 11.0. The van der Waals surface area contributed by atoms with E-state index in [9.17, 15) is 4.79 Å². The number of aromatic nitrogens is 1. The second-order valence-corrected chi connectivity index (χ2v) is 3.96. The van der Waals surface area contributed by atoms with E-state index >= 15 is 0 Å². The van der Waals surface area contributed by atoms with Crippen molar-refractivity contribution in [2.24, 2.45) is 5.73 Å². The quantitative estimate of drug-likeness (QED) is 0.899. The van der Waals surface area contributed by atoms with Gasteiger partial charge in [-0.3, -0.25) is 4.98 Å². The molecule has 2 aromatic rings. The minimum Gasteiger partial charge on any atom is -0.437 e. The second kappa shape index (κ2) is 5.31. The summed E-state index contributed by atoms with van der Waals surface area (Å²) in [5, 5.41) is 0. The summed E-state index contributed by atoms with van der Waals surface area (Å²) in [5.74, 6) is 0. The van der Waals surface area contributed by atoms with Crippen LogP contribution in [0.25, 0.3) is 0 Å². The van der Waals surface area contributed by atoms with Gasteiger partial charge < -0.3 is 10.5 Å². The number of nitrogens with zero attached hydrogens (tertiary/aromatic N) is 1. The molecule has 1 aromatic carbocycles. The molecule has 1 heterocycles. The van der Waals surface area contributed by atoms with Crippen LogP contribution in [-0.2, 0) is 4.74 Å². The summed E-state index contributed by atoms with van der Waals surface area (Å²) in [5.41, 5.74) is 7.68. The number of amides is 1. The first-order valence-corrected chi connectivity index (χ1v) is 5.60. The molecule has 1 atom stereocenters. The number of ether oxygens (including phenoxy) is 1. The lowest BCUT2D eigenvalue weighted by Gasteiger charge is -2.17. The lowest BCUT2D eigenvalue weighted by Crippen LogP contribution is -2.18. The molecule has 2 rings (SSSR count). The Labute approximate surface area is 105 Å². The molecular formula is C14H14N2O2. The van der Waals surface area contributed by atoms with Crippen LogP contribution in [-0.4, -0.2) is 11.1 Å². The van der Waals surface area contributed by atoms with Crippen molar-refractivity contribution in [1.29, 1.82) is 0 Å². The Kier molecular flexibility index (Phi) is 3.57. The van der Waals surface area contributed by atoms with E-state index in [1.54, 1.807) is 6.20 Å². The number of rotatable bonds is 3. The van der Waals surface area contributed by atoms with E-state index in [0.29, 0.717) is 0 Å². The van der Waals surface area contributed by atoms with Crippen LogP contribution in [0.15, 0.2) is 48.7 Å². The number of benzene rings is 1. The van der Waals surface area contributed by atoms with Crippen molar-refractivity contribution in [2.45, 2.75) is 13.0 Å². The molecule has 1 amide bonds. The Balaban J connectivity index is 2.36. The van der Waals surface area contributed by atoms with Crippen LogP contribution in [0.5, 0.6) is 0 Å². The molecule has 0 aliphatic heterocycles. The summed E-state index contributed by atoms with van der Waals surface area (Å²) in [7, 11) is 0. The first kappa shape index (κ1) is 12.1. The van der Waals surface area contributed by atoms with E-state index < -0.39 is 12.2 Å². The standard InChI is InChI=1S/C14H14N2O2/c1-10-7-8-12(9-16-10)13(18-14(15)17)11-5-3-2-4-6-11/h2-9,13H,1H3,(H2,15,17). The Morgan fingerprint density at radius 3 is 2.44 bits per heavy atom. The summed E-state index contributed by atoms with van der Waals surface area (Å²) in [6.07, 6.45) is 0.372. The number of carbonyl (C=O) groups excluding carboxylic acids is 1. The molecule has 0 fully saturated rings. The highest BCUT2D eigenvalue weighted by atomic mass is 16.6. The lowest BCUT2D eigenvalue weighted by atomic mass is 10.0. The molecule has 0 aliphatic rings. The molecule has 4 heteroatoms. The van der Waals surface area contributed by atoms with Gasteiger partial charge in [0.15, 0.2) is 6.10 Å². The Hall–Kier alpha value is -2.36. The molecule has 0 spiro atoms. The van der Waals surface area contributed by atoms with Gasteiger partial charge in [-0.2, -0.15) is 0 Å². The normalized spacial score (nSPS) is 11.8. The van der Waals surface area contributed by atoms with E-state index in [0.717, 1.165) is 16.8 Å². The number of nitrogens with two attached hydrogens (primary N) is 1. The molecule has 0 aliphatic carbocycles. The first-order chi connectivity index (χ1) is 8.66. The third-order valence-corrected chi connectivity index (χ3v) is 2.57. The average Bonchev–Trinajstić information content (AvgIpc) is 2.38. The highest BCUT2D eigenvalue weighted by molar-refractivity contribution is 5.65. The predicted octanol–water partition coefficient (Wildman–Crippen LogP) is 2.57. The van der Waals surface area contributed by atoms with Crippen LogP contribution >= 0.6 is 0 Å². The molecule has 4 nitrogen and oxygen atoms in total. The van der Waals surface area contributed by atoms with Crippen molar-refractivity contribution in [3.8, 4) is 0 Å². The van der Waals surface area contributed by atoms with E-state index in [-0.39, 0.29) is 0 Å². The van der Waals surface area contributed by atoms with Gasteiger partial charge in [0.2, 0.25) is 0 Å². The summed E-state index contributed by atoms with van der Waals surface area (Å²) in [6.45, 7) is 1.90. The van der Waals surface area contributed by atoms with Crippen LogP contribution in [0.1, 0.15) is 22.9 Å². The zero-order valence-corrected chi connectivity index (χ0v) is 10.0. The summed E-state index contributed by atoms with van der Waals surface area (Å²) < 4.78 is 5.16. The number of hydrogen-bond donors (Lipinski definition) is 1. The topological polar surface area (TPSA) is 65.2 Å². The minimum absolute atomic E-state index is 0.517. The predicted molar refractivity (Wildman–Crippen MR) is 67.9 cm³/mol. The summed E-state index contributed by atoms with van der Waals surface area (Å²) in [4.78, 5) is 15.2. The number of aryl methyl sites for hydroxylation is 1. The molecular weight excluding hydrogens is 228 g/mol. The molecule has 0 saturated carbocycles. The Morgan fingerprint density at radius 2 is 1.89 bits per heavy atom. The third kappa shape index (κ3) is 2.85. The van der Waals surface area contributed by atoms with Crippen LogP contribution in [0, 0.1) is 6.92 Å². The molecule has 2 N–H and O–H groups in total. The van der Waals surface area contributed by atoms with Gasteiger partial charge in [-0.15, -0.1) is 0 Å². The highest BCUT2D eigenvalue weighted by Gasteiger charge is 2.17. The lowest BCUT2D eigenvalue weighted by molar-refractivity contribution is 0.126. The smallest absolute Gasteiger partial charge is 0.405 e. The SMILES string of the molecule is Cc1ccc(C(OC(N)=O)c2ccccc2)cn1. The monoisotopic (exact) mass is 242 g/mol. The number of hydrogen-bond acceptors (Lipinski definition) is 3. The molecule has 1 aromatic heterocycles. The van der Waals surface area contributed by atoms with Gasteiger partial charge in [0.25, 0.3) is 0 Å². The van der Waals surface area contributed by atoms with E-state index in [2.05, 4.69) is 4.98 Å². The second-order valence-electron chi connectivity index (χ2n) is 3.96. The maximum Gasteiger partial charge on any atom is 0.405 e. The van der Waals surface area contributed by atoms with Gasteiger partial charge in [-0.05, 0) is 18.6 Å². The van der Waals surface area contributed by atoms with E-state index in [4.69, 9.17) is 10.5 Å². The van der Waals surface area contributed by atoms with E-state index in [1.807, 2.05) is 49.4 Å². The fraction of sp³-hybridized carbons (Fsp3) is 0.143. The molecule has 92 valence electrons. The van der Waals surface area contributed by atoms with Gasteiger partial charge in [0, 0.05) is 17.5 Å². The van der Waals surface area contributed by atoms with Crippen molar-refractivity contribution in [3.63, 3.8) is 0 Å². The van der Waals surface area contributed by atoms with Gasteiger partial charge in [-0.25, -0.2) is 4.79 Å². The zero-order chi connectivity index (χ0) is 13.0. The largest absolute Gasteiger partial charge is 0.437 e. The summed E-state index contributed by atoms with van der Waals surface area (Å²) in [6, 6.07) is 13.2.